The minimum atomic E-state index is -0.911. The van der Waals surface area contributed by atoms with Crippen molar-refractivity contribution in [3.63, 3.8) is 0 Å². The molecule has 0 spiro atoms. The summed E-state index contributed by atoms with van der Waals surface area (Å²) in [7, 11) is 0. The van der Waals surface area contributed by atoms with Crippen LogP contribution in [-0.2, 0) is 4.79 Å². The monoisotopic (exact) mass is 234 g/mol. The predicted molar refractivity (Wildman–Crippen MR) is 67.5 cm³/mol. The van der Waals surface area contributed by atoms with Crippen molar-refractivity contribution in [1.82, 2.24) is 0 Å². The smallest absolute Gasteiger partial charge is 0.331 e. The van der Waals surface area contributed by atoms with E-state index in [4.69, 9.17) is 9.84 Å². The average molecular weight is 234 g/mol. The highest BCUT2D eigenvalue weighted by Crippen LogP contribution is 2.23. The van der Waals surface area contributed by atoms with Crippen molar-refractivity contribution < 1.29 is 14.6 Å². The summed E-state index contributed by atoms with van der Waals surface area (Å²) in [5.41, 5.74) is 3.71. The molecule has 0 aliphatic carbocycles. The van der Waals surface area contributed by atoms with Crippen molar-refractivity contribution in [3.8, 4) is 5.75 Å². The average Bonchev–Trinajstić information content (AvgIpc) is 2.24. The van der Waals surface area contributed by atoms with E-state index < -0.39 is 5.97 Å². The van der Waals surface area contributed by atoms with E-state index in [1.54, 1.807) is 13.0 Å². The van der Waals surface area contributed by atoms with Crippen LogP contribution in [0.15, 0.2) is 23.8 Å². The summed E-state index contributed by atoms with van der Waals surface area (Å²) in [5.74, 6) is -0.0947. The molecule has 92 valence electrons. The van der Waals surface area contributed by atoms with Gasteiger partial charge >= 0.3 is 5.97 Å². The van der Waals surface area contributed by atoms with Crippen molar-refractivity contribution >= 4 is 5.97 Å². The number of hydrogen-bond acceptors (Lipinski definition) is 2. The molecule has 0 radical (unpaired) electrons. The van der Waals surface area contributed by atoms with Crippen LogP contribution in [0, 0.1) is 20.8 Å². The Morgan fingerprint density at radius 1 is 1.35 bits per heavy atom. The molecule has 0 aliphatic rings. The number of hydrogen-bond donors (Lipinski definition) is 1. The summed E-state index contributed by atoms with van der Waals surface area (Å²) in [5, 5.41) is 8.70. The molecule has 3 heteroatoms. The topological polar surface area (TPSA) is 46.5 Å². The van der Waals surface area contributed by atoms with E-state index in [2.05, 4.69) is 6.07 Å². The molecule has 0 aliphatic heterocycles. The van der Waals surface area contributed by atoms with Crippen LogP contribution in [0.4, 0.5) is 0 Å². The maximum atomic E-state index is 10.6. The molecular weight excluding hydrogens is 216 g/mol. The molecule has 0 unspecified atom stereocenters. The molecule has 1 aromatic rings. The number of aliphatic carboxylic acids is 1. The molecule has 0 atom stereocenters. The lowest BCUT2D eigenvalue weighted by atomic mass is 10.1. The fourth-order valence-electron chi connectivity index (χ4n) is 1.49. The Labute approximate surface area is 102 Å². The van der Waals surface area contributed by atoms with Gasteiger partial charge in [0, 0.05) is 5.57 Å². The Balaban J connectivity index is 2.77. The Hall–Kier alpha value is -1.77. The van der Waals surface area contributed by atoms with E-state index in [0.29, 0.717) is 5.57 Å². The molecule has 0 amide bonds. The zero-order chi connectivity index (χ0) is 13.0. The van der Waals surface area contributed by atoms with Gasteiger partial charge in [-0.25, -0.2) is 4.79 Å². The highest BCUT2D eigenvalue weighted by atomic mass is 16.5. The van der Waals surface area contributed by atoms with Gasteiger partial charge in [-0.15, -0.1) is 0 Å². The Morgan fingerprint density at radius 2 is 2.00 bits per heavy atom. The number of carboxylic acid groups (broad SMARTS) is 1. The number of aryl methyl sites for hydroxylation is 2. The van der Waals surface area contributed by atoms with Crippen LogP contribution < -0.4 is 4.74 Å². The van der Waals surface area contributed by atoms with Crippen LogP contribution >= 0.6 is 0 Å². The van der Waals surface area contributed by atoms with Gasteiger partial charge in [0.25, 0.3) is 0 Å². The van der Waals surface area contributed by atoms with E-state index in [-0.39, 0.29) is 6.61 Å². The third kappa shape index (κ3) is 3.63. The summed E-state index contributed by atoms with van der Waals surface area (Å²) in [6, 6.07) is 4.06. The predicted octanol–water partition coefficient (Wildman–Crippen LogP) is 3.02. The highest BCUT2D eigenvalue weighted by Gasteiger charge is 2.04. The Kier molecular flexibility index (Phi) is 4.32. The van der Waals surface area contributed by atoms with Crippen LogP contribution in [0.25, 0.3) is 0 Å². The maximum Gasteiger partial charge on any atom is 0.331 e. The van der Waals surface area contributed by atoms with E-state index in [1.165, 1.54) is 5.56 Å². The second kappa shape index (κ2) is 5.53. The number of carboxylic acids is 1. The van der Waals surface area contributed by atoms with Gasteiger partial charge in [-0.05, 0) is 56.5 Å². The zero-order valence-electron chi connectivity index (χ0n) is 10.7. The van der Waals surface area contributed by atoms with Crippen LogP contribution in [0.1, 0.15) is 23.6 Å². The van der Waals surface area contributed by atoms with Crippen LogP contribution in [-0.4, -0.2) is 17.7 Å². The van der Waals surface area contributed by atoms with Crippen molar-refractivity contribution in [2.24, 2.45) is 0 Å². The van der Waals surface area contributed by atoms with Gasteiger partial charge in [0.15, 0.2) is 0 Å². The van der Waals surface area contributed by atoms with E-state index >= 15 is 0 Å². The Bertz CT molecular complexity index is 459. The molecule has 0 saturated carbocycles. The normalized spacial score (nSPS) is 11.4. The van der Waals surface area contributed by atoms with E-state index in [0.717, 1.165) is 16.9 Å². The zero-order valence-corrected chi connectivity index (χ0v) is 10.7. The number of carbonyl (C=O) groups is 1. The molecule has 3 nitrogen and oxygen atoms in total. The molecule has 1 rings (SSSR count). The fraction of sp³-hybridized carbons (Fsp3) is 0.357. The van der Waals surface area contributed by atoms with Crippen LogP contribution in [0.2, 0.25) is 0 Å². The SMILES string of the molecule is CC(=CCOc1cc(C)cc(C)c1C)C(=O)O. The lowest BCUT2D eigenvalue weighted by Gasteiger charge is -2.11. The maximum absolute atomic E-state index is 10.6. The summed E-state index contributed by atoms with van der Waals surface area (Å²) in [4.78, 5) is 10.6. The first-order valence-corrected chi connectivity index (χ1v) is 5.52. The third-order valence-electron chi connectivity index (χ3n) is 2.73. The van der Waals surface area contributed by atoms with Crippen LogP contribution in [0.3, 0.4) is 0 Å². The lowest BCUT2D eigenvalue weighted by Crippen LogP contribution is -2.02. The number of ether oxygens (including phenoxy) is 1. The molecule has 1 N–H and O–H groups in total. The largest absolute Gasteiger partial charge is 0.489 e. The van der Waals surface area contributed by atoms with Crippen molar-refractivity contribution in [2.45, 2.75) is 27.7 Å². The molecule has 0 fully saturated rings. The lowest BCUT2D eigenvalue weighted by molar-refractivity contribution is -0.132. The number of benzene rings is 1. The second-order valence-electron chi connectivity index (χ2n) is 4.21. The van der Waals surface area contributed by atoms with Gasteiger partial charge in [-0.3, -0.25) is 0 Å². The first kappa shape index (κ1) is 13.3. The second-order valence-corrected chi connectivity index (χ2v) is 4.21. The van der Waals surface area contributed by atoms with Gasteiger partial charge in [0.05, 0.1) is 0 Å². The van der Waals surface area contributed by atoms with Gasteiger partial charge in [0.1, 0.15) is 12.4 Å². The minimum Gasteiger partial charge on any atom is -0.489 e. The first-order chi connectivity index (χ1) is 7.91. The minimum absolute atomic E-state index is 0.280. The first-order valence-electron chi connectivity index (χ1n) is 5.52. The van der Waals surface area contributed by atoms with E-state index in [9.17, 15) is 4.79 Å². The molecule has 17 heavy (non-hydrogen) atoms. The van der Waals surface area contributed by atoms with E-state index in [1.807, 2.05) is 26.8 Å². The summed E-state index contributed by atoms with van der Waals surface area (Å²) in [6.45, 7) is 7.88. The van der Waals surface area contributed by atoms with Gasteiger partial charge < -0.3 is 9.84 Å². The van der Waals surface area contributed by atoms with Gasteiger partial charge in [-0.1, -0.05) is 6.07 Å². The van der Waals surface area contributed by atoms with Crippen LogP contribution in [0.5, 0.6) is 5.75 Å². The summed E-state index contributed by atoms with van der Waals surface area (Å²) < 4.78 is 5.58. The number of rotatable bonds is 4. The quantitative estimate of drug-likeness (QED) is 0.814. The Morgan fingerprint density at radius 3 is 2.59 bits per heavy atom. The molecule has 0 heterocycles. The molecule has 0 aromatic heterocycles. The summed E-state index contributed by atoms with van der Waals surface area (Å²) in [6.07, 6.45) is 1.57. The fourth-order valence-corrected chi connectivity index (χ4v) is 1.49. The summed E-state index contributed by atoms with van der Waals surface area (Å²) >= 11 is 0. The highest BCUT2D eigenvalue weighted by molar-refractivity contribution is 5.85. The third-order valence-corrected chi connectivity index (χ3v) is 2.73. The van der Waals surface area contributed by atoms with Crippen molar-refractivity contribution in [2.75, 3.05) is 6.61 Å². The molecule has 0 bridgehead atoms. The molecular formula is C14H18O3. The van der Waals surface area contributed by atoms with Crippen molar-refractivity contribution in [1.29, 1.82) is 0 Å². The van der Waals surface area contributed by atoms with Gasteiger partial charge in [0.2, 0.25) is 0 Å². The van der Waals surface area contributed by atoms with Gasteiger partial charge in [-0.2, -0.15) is 0 Å². The van der Waals surface area contributed by atoms with Crippen molar-refractivity contribution in [3.05, 3.63) is 40.5 Å². The standard InChI is InChI=1S/C14H18O3/c1-9-7-11(3)12(4)13(8-9)17-6-5-10(2)14(15)16/h5,7-8H,6H2,1-4H3,(H,15,16). The molecule has 0 saturated heterocycles. The molecule has 1 aromatic carbocycles.